The molecule has 0 amide bonds. The van der Waals surface area contributed by atoms with Gasteiger partial charge in [-0.15, -0.1) is 0 Å². The molecule has 0 saturated carbocycles. The minimum Gasteiger partial charge on any atom is -0.309 e. The van der Waals surface area contributed by atoms with Gasteiger partial charge in [0.1, 0.15) is 10.0 Å². The minimum absolute atomic E-state index is 0.271. The van der Waals surface area contributed by atoms with E-state index in [1.165, 1.54) is 92.8 Å². The van der Waals surface area contributed by atoms with Crippen molar-refractivity contribution in [2.75, 3.05) is 9.80 Å². The molecule has 69 heavy (non-hydrogen) atoms. The third-order valence-electron chi connectivity index (χ3n) is 14.7. The van der Waals surface area contributed by atoms with Gasteiger partial charge in [0, 0.05) is 44.5 Å². The monoisotopic (exact) mass is 899 g/mol. The Morgan fingerprint density at radius 1 is 0.377 bits per heavy atom. The molecule has 14 rings (SSSR count). The van der Waals surface area contributed by atoms with Crippen molar-refractivity contribution in [1.82, 2.24) is 4.57 Å². The summed E-state index contributed by atoms with van der Waals surface area (Å²) in [5.74, 6) is 0. The van der Waals surface area contributed by atoms with Crippen molar-refractivity contribution in [3.8, 4) is 16.8 Å². The van der Waals surface area contributed by atoms with Crippen LogP contribution >= 0.6 is 11.3 Å². The van der Waals surface area contributed by atoms with Crippen LogP contribution in [0.25, 0.3) is 81.7 Å². The second-order valence-corrected chi connectivity index (χ2v) is 20.0. The molecule has 0 spiro atoms. The summed E-state index contributed by atoms with van der Waals surface area (Å²) < 4.78 is 2.52. The third-order valence-corrected chi connectivity index (χ3v) is 15.8. The van der Waals surface area contributed by atoms with Gasteiger partial charge in [-0.1, -0.05) is 183 Å². The van der Waals surface area contributed by atoms with Gasteiger partial charge in [0.15, 0.2) is 0 Å². The van der Waals surface area contributed by atoms with E-state index in [1.807, 2.05) is 11.3 Å². The minimum atomic E-state index is -0.271. The van der Waals surface area contributed by atoms with Crippen LogP contribution < -0.4 is 9.80 Å². The van der Waals surface area contributed by atoms with Crippen molar-refractivity contribution in [2.45, 2.75) is 19.3 Å². The van der Waals surface area contributed by atoms with Gasteiger partial charge < -0.3 is 14.4 Å². The van der Waals surface area contributed by atoms with Crippen molar-refractivity contribution < 1.29 is 0 Å². The topological polar surface area (TPSA) is 11.4 Å². The summed E-state index contributed by atoms with van der Waals surface area (Å²) >= 11 is 1.85. The second-order valence-electron chi connectivity index (χ2n) is 19.0. The summed E-state index contributed by atoms with van der Waals surface area (Å²) in [6.07, 6.45) is 0. The van der Waals surface area contributed by atoms with E-state index in [2.05, 4.69) is 265 Å². The fourth-order valence-corrected chi connectivity index (χ4v) is 12.5. The molecular weight excluding hydrogens is 855 g/mol. The van der Waals surface area contributed by atoms with E-state index in [1.54, 1.807) is 0 Å². The summed E-state index contributed by atoms with van der Waals surface area (Å²) in [7, 11) is 0. The van der Waals surface area contributed by atoms with Crippen LogP contribution in [0.5, 0.6) is 0 Å². The predicted molar refractivity (Wildman–Crippen MR) is 296 cm³/mol. The molecule has 0 unspecified atom stereocenters. The number of rotatable bonds is 7. The molecule has 13 aromatic rings. The summed E-state index contributed by atoms with van der Waals surface area (Å²) in [6, 6.07) is 87.8. The fourth-order valence-electron chi connectivity index (χ4n) is 11.2. The molecule has 0 atom stereocenters. The van der Waals surface area contributed by atoms with Gasteiger partial charge in [0.2, 0.25) is 0 Å². The van der Waals surface area contributed by atoms with Gasteiger partial charge >= 0.3 is 0 Å². The Labute approximate surface area is 405 Å². The Balaban J connectivity index is 1.10. The van der Waals surface area contributed by atoms with E-state index in [0.717, 1.165) is 32.8 Å². The van der Waals surface area contributed by atoms with Gasteiger partial charge in [-0.3, -0.25) is 0 Å². The molecule has 0 saturated heterocycles. The van der Waals surface area contributed by atoms with Crippen LogP contribution in [0.1, 0.15) is 25.0 Å². The van der Waals surface area contributed by atoms with Gasteiger partial charge in [-0.2, -0.15) is 0 Å². The molecule has 0 N–H and O–H groups in total. The molecule has 326 valence electrons. The quantitative estimate of drug-likeness (QED) is 0.158. The van der Waals surface area contributed by atoms with Crippen molar-refractivity contribution >= 4 is 109 Å². The van der Waals surface area contributed by atoms with E-state index in [0.29, 0.717) is 0 Å². The normalized spacial score (nSPS) is 12.9. The van der Waals surface area contributed by atoms with E-state index in [9.17, 15) is 0 Å². The molecule has 1 aliphatic heterocycles. The number of para-hydroxylation sites is 2. The lowest BCUT2D eigenvalue weighted by Crippen LogP contribution is -2.26. The van der Waals surface area contributed by atoms with Crippen molar-refractivity contribution in [2.24, 2.45) is 0 Å². The van der Waals surface area contributed by atoms with Gasteiger partial charge in [-0.25, -0.2) is 0 Å². The highest BCUT2D eigenvalue weighted by Crippen LogP contribution is 2.55. The molecule has 3 nitrogen and oxygen atoms in total. The van der Waals surface area contributed by atoms with Gasteiger partial charge in [0.05, 0.1) is 16.7 Å². The molecular formula is C65H45N3S. The van der Waals surface area contributed by atoms with Crippen LogP contribution in [0, 0.1) is 0 Å². The maximum atomic E-state index is 2.52. The lowest BCUT2D eigenvalue weighted by atomic mass is 9.74. The van der Waals surface area contributed by atoms with E-state index < -0.39 is 0 Å². The Morgan fingerprint density at radius 3 is 1.36 bits per heavy atom. The van der Waals surface area contributed by atoms with Gasteiger partial charge in [-0.05, 0) is 139 Å². The van der Waals surface area contributed by atoms with E-state index in [-0.39, 0.29) is 5.41 Å². The standard InChI is InChI=1S/C65H45N3S/c1-65(2)58-24-12-14-26-61(58)68-60-25-13-11-23-55(60)57-39-50(40-59(65)63(57)68)56-41-62(66(51-31-27-42-15-3-7-19-46(42)35-51)52-32-28-43-16-4-8-20-47(43)36-52)69-64(56)67(53-33-29-44-17-5-9-21-48(44)37-53)54-34-30-45-18-6-10-22-49(45)38-54/h3-41H,1-2H3. The van der Waals surface area contributed by atoms with Crippen LogP contribution in [0.15, 0.2) is 237 Å². The number of benzene rings is 11. The number of aromatic nitrogens is 1. The molecule has 0 aliphatic carbocycles. The summed E-state index contributed by atoms with van der Waals surface area (Å²) in [4.78, 5) is 4.99. The largest absolute Gasteiger partial charge is 0.309 e. The number of hydrogen-bond donors (Lipinski definition) is 0. The summed E-state index contributed by atoms with van der Waals surface area (Å²) in [6.45, 7) is 4.81. The van der Waals surface area contributed by atoms with Crippen LogP contribution in [0.3, 0.4) is 0 Å². The summed E-state index contributed by atoms with van der Waals surface area (Å²) in [5.41, 5.74) is 13.0. The molecule has 3 heterocycles. The Kier molecular flexibility index (Phi) is 8.80. The first kappa shape index (κ1) is 39.7. The molecule has 4 heteroatoms. The average Bonchev–Trinajstić information content (AvgIpc) is 3.97. The Hall–Kier alpha value is -8.44. The van der Waals surface area contributed by atoms with Gasteiger partial charge in [0.25, 0.3) is 0 Å². The van der Waals surface area contributed by atoms with E-state index >= 15 is 0 Å². The first-order valence-electron chi connectivity index (χ1n) is 23.8. The third kappa shape index (κ3) is 6.26. The first-order chi connectivity index (χ1) is 33.9. The number of thiophene rings is 1. The maximum absolute atomic E-state index is 2.52. The Bertz CT molecular complexity index is 4050. The van der Waals surface area contributed by atoms with E-state index in [4.69, 9.17) is 0 Å². The molecule has 11 aromatic carbocycles. The predicted octanol–water partition coefficient (Wildman–Crippen LogP) is 18.7. The molecule has 0 bridgehead atoms. The number of hydrogen-bond acceptors (Lipinski definition) is 3. The summed E-state index contributed by atoms with van der Waals surface area (Å²) in [5, 5.41) is 14.5. The second kappa shape index (κ2) is 15.3. The zero-order chi connectivity index (χ0) is 45.8. The van der Waals surface area contributed by atoms with Crippen LogP contribution in [0.4, 0.5) is 32.8 Å². The van der Waals surface area contributed by atoms with Crippen molar-refractivity contribution in [3.05, 3.63) is 248 Å². The van der Waals surface area contributed by atoms with Crippen LogP contribution in [0.2, 0.25) is 0 Å². The lowest BCUT2D eigenvalue weighted by Gasteiger charge is -2.35. The molecule has 0 radical (unpaired) electrons. The van der Waals surface area contributed by atoms with Crippen molar-refractivity contribution in [3.63, 3.8) is 0 Å². The van der Waals surface area contributed by atoms with Crippen LogP contribution in [-0.4, -0.2) is 4.57 Å². The van der Waals surface area contributed by atoms with Crippen LogP contribution in [-0.2, 0) is 5.41 Å². The fraction of sp³-hybridized carbons (Fsp3) is 0.0462. The lowest BCUT2D eigenvalue weighted by molar-refractivity contribution is 0.630. The molecule has 2 aromatic heterocycles. The smallest absolute Gasteiger partial charge is 0.110 e. The maximum Gasteiger partial charge on any atom is 0.110 e. The highest BCUT2D eigenvalue weighted by atomic mass is 32.1. The first-order valence-corrected chi connectivity index (χ1v) is 24.6. The highest BCUT2D eigenvalue weighted by molar-refractivity contribution is 7.21. The zero-order valence-electron chi connectivity index (χ0n) is 38.3. The number of anilines is 6. The molecule has 1 aliphatic rings. The zero-order valence-corrected chi connectivity index (χ0v) is 39.1. The molecule has 0 fully saturated rings. The Morgan fingerprint density at radius 2 is 0.826 bits per heavy atom. The number of fused-ring (bicyclic) bond motifs is 9. The average molecular weight is 900 g/mol. The highest BCUT2D eigenvalue weighted by Gasteiger charge is 2.36. The SMILES string of the molecule is CC1(C)c2ccccc2-n2c3ccccc3c3cc(-c4cc(N(c5ccc6ccccc6c5)c5ccc6ccccc6c5)sc4N(c4ccc5ccccc5c4)c4ccc5ccccc5c4)cc1c32. The number of nitrogens with zero attached hydrogens (tertiary/aromatic N) is 3. The van der Waals surface area contributed by atoms with Crippen molar-refractivity contribution in [1.29, 1.82) is 0 Å².